The zero-order chi connectivity index (χ0) is 13.9. The fraction of sp³-hybridized carbons (Fsp3) is 0.615. The van der Waals surface area contributed by atoms with Crippen molar-refractivity contribution >= 4 is 6.09 Å². The van der Waals surface area contributed by atoms with Gasteiger partial charge in [0.25, 0.3) is 0 Å². The number of ether oxygens (including phenoxy) is 2. The quantitative estimate of drug-likeness (QED) is 0.816. The van der Waals surface area contributed by atoms with Crippen molar-refractivity contribution in [3.05, 3.63) is 18.6 Å². The Balaban J connectivity index is 1.85. The van der Waals surface area contributed by atoms with Gasteiger partial charge in [0, 0.05) is 25.4 Å². The van der Waals surface area contributed by atoms with Gasteiger partial charge in [-0.2, -0.15) is 0 Å². The second kappa shape index (κ2) is 5.42. The molecule has 0 N–H and O–H groups in total. The molecule has 104 valence electrons. The number of carbonyl (C=O) groups is 1. The maximum absolute atomic E-state index is 11.9. The van der Waals surface area contributed by atoms with Crippen molar-refractivity contribution in [1.29, 1.82) is 0 Å². The predicted octanol–water partition coefficient (Wildman–Crippen LogP) is 1.86. The van der Waals surface area contributed by atoms with E-state index in [4.69, 9.17) is 9.47 Å². The number of carbonyl (C=O) groups excluding carboxylic acids is 1. The number of hydrogen-bond donors (Lipinski definition) is 0. The molecule has 1 unspecified atom stereocenters. The summed E-state index contributed by atoms with van der Waals surface area (Å²) in [6.45, 7) is 6.73. The lowest BCUT2D eigenvalue weighted by atomic mass is 10.2. The van der Waals surface area contributed by atoms with Crippen molar-refractivity contribution in [2.75, 3.05) is 13.1 Å². The molecule has 0 aliphatic carbocycles. The van der Waals surface area contributed by atoms with E-state index in [-0.39, 0.29) is 12.2 Å². The molecule has 0 saturated carbocycles. The normalized spacial score (nSPS) is 19.3. The van der Waals surface area contributed by atoms with Crippen molar-refractivity contribution in [1.82, 2.24) is 14.9 Å². The van der Waals surface area contributed by atoms with Gasteiger partial charge in [-0.1, -0.05) is 0 Å². The van der Waals surface area contributed by atoms with E-state index in [1.54, 1.807) is 23.5 Å². The van der Waals surface area contributed by atoms with Crippen LogP contribution in [0.3, 0.4) is 0 Å². The van der Waals surface area contributed by atoms with Gasteiger partial charge in [0.1, 0.15) is 11.7 Å². The van der Waals surface area contributed by atoms with E-state index in [0.29, 0.717) is 19.0 Å². The standard InChI is InChI=1S/C13H19N3O3/c1-13(2,3)19-12(17)16-7-4-10(9-16)18-11-8-14-5-6-15-11/h5-6,8,10H,4,7,9H2,1-3H3. The molecule has 6 heteroatoms. The lowest BCUT2D eigenvalue weighted by molar-refractivity contribution is 0.0275. The van der Waals surface area contributed by atoms with E-state index in [1.807, 2.05) is 20.8 Å². The average Bonchev–Trinajstić information content (AvgIpc) is 2.77. The van der Waals surface area contributed by atoms with Crippen LogP contribution in [0.2, 0.25) is 0 Å². The molecule has 1 aromatic heterocycles. The Morgan fingerprint density at radius 3 is 2.84 bits per heavy atom. The Hall–Kier alpha value is -1.85. The molecule has 0 aromatic carbocycles. The topological polar surface area (TPSA) is 64.5 Å². The maximum Gasteiger partial charge on any atom is 0.410 e. The SMILES string of the molecule is CC(C)(C)OC(=O)N1CCC(Oc2cnccn2)C1. The molecule has 1 atom stereocenters. The molecule has 0 radical (unpaired) electrons. The first kappa shape index (κ1) is 13.6. The summed E-state index contributed by atoms with van der Waals surface area (Å²) in [4.78, 5) is 21.5. The van der Waals surface area contributed by atoms with Gasteiger partial charge >= 0.3 is 6.09 Å². The van der Waals surface area contributed by atoms with E-state index < -0.39 is 5.60 Å². The monoisotopic (exact) mass is 265 g/mol. The third kappa shape index (κ3) is 4.08. The largest absolute Gasteiger partial charge is 0.471 e. The summed E-state index contributed by atoms with van der Waals surface area (Å²) in [7, 11) is 0. The molecule has 1 aromatic rings. The third-order valence-corrected chi connectivity index (χ3v) is 2.62. The van der Waals surface area contributed by atoms with Gasteiger partial charge in [0.05, 0.1) is 12.7 Å². The molecule has 6 nitrogen and oxygen atoms in total. The molecule has 2 heterocycles. The Labute approximate surface area is 112 Å². The van der Waals surface area contributed by atoms with Crippen molar-refractivity contribution in [3.8, 4) is 5.88 Å². The molecular weight excluding hydrogens is 246 g/mol. The fourth-order valence-electron chi connectivity index (χ4n) is 1.83. The van der Waals surface area contributed by atoms with Crippen molar-refractivity contribution in [3.63, 3.8) is 0 Å². The van der Waals surface area contributed by atoms with E-state index in [0.717, 1.165) is 6.42 Å². The molecule has 1 aliphatic rings. The lowest BCUT2D eigenvalue weighted by Gasteiger charge is -2.24. The number of rotatable bonds is 2. The number of aromatic nitrogens is 2. The number of nitrogens with zero attached hydrogens (tertiary/aromatic N) is 3. The Morgan fingerprint density at radius 2 is 2.21 bits per heavy atom. The zero-order valence-electron chi connectivity index (χ0n) is 11.5. The fourth-order valence-corrected chi connectivity index (χ4v) is 1.83. The van der Waals surface area contributed by atoms with Crippen molar-refractivity contribution in [2.24, 2.45) is 0 Å². The molecule has 1 amide bonds. The highest BCUT2D eigenvalue weighted by Gasteiger charge is 2.30. The number of amides is 1. The zero-order valence-corrected chi connectivity index (χ0v) is 11.5. The summed E-state index contributed by atoms with van der Waals surface area (Å²) in [5, 5.41) is 0. The van der Waals surface area contributed by atoms with E-state index in [2.05, 4.69) is 9.97 Å². The average molecular weight is 265 g/mol. The van der Waals surface area contributed by atoms with Crippen LogP contribution in [0.1, 0.15) is 27.2 Å². The van der Waals surface area contributed by atoms with Crippen molar-refractivity contribution in [2.45, 2.75) is 38.9 Å². The first-order chi connectivity index (χ1) is 8.94. The predicted molar refractivity (Wildman–Crippen MR) is 68.9 cm³/mol. The molecule has 1 fully saturated rings. The molecule has 0 spiro atoms. The Morgan fingerprint density at radius 1 is 1.42 bits per heavy atom. The molecule has 0 bridgehead atoms. The number of likely N-dealkylation sites (tertiary alicyclic amines) is 1. The second-order valence-electron chi connectivity index (χ2n) is 5.50. The smallest absolute Gasteiger partial charge is 0.410 e. The molecular formula is C13H19N3O3. The third-order valence-electron chi connectivity index (χ3n) is 2.62. The van der Waals surface area contributed by atoms with E-state index in [1.165, 1.54) is 0 Å². The summed E-state index contributed by atoms with van der Waals surface area (Å²) in [6.07, 6.45) is 5.16. The first-order valence-corrected chi connectivity index (χ1v) is 6.34. The van der Waals surface area contributed by atoms with Crippen LogP contribution >= 0.6 is 0 Å². The minimum atomic E-state index is -0.471. The molecule has 2 rings (SSSR count). The number of hydrogen-bond acceptors (Lipinski definition) is 5. The minimum Gasteiger partial charge on any atom is -0.471 e. The Bertz CT molecular complexity index is 431. The Kier molecular flexibility index (Phi) is 3.87. The summed E-state index contributed by atoms with van der Waals surface area (Å²) in [5.41, 5.74) is -0.471. The minimum absolute atomic E-state index is 0.0516. The van der Waals surface area contributed by atoms with Gasteiger partial charge in [0.15, 0.2) is 0 Å². The van der Waals surface area contributed by atoms with Crippen LogP contribution in [0.15, 0.2) is 18.6 Å². The van der Waals surface area contributed by atoms with Gasteiger partial charge < -0.3 is 14.4 Å². The van der Waals surface area contributed by atoms with Gasteiger partial charge in [0.2, 0.25) is 5.88 Å². The van der Waals surface area contributed by atoms with Gasteiger partial charge in [-0.05, 0) is 20.8 Å². The molecule has 1 aliphatic heterocycles. The maximum atomic E-state index is 11.9. The van der Waals surface area contributed by atoms with Crippen LogP contribution in [0.25, 0.3) is 0 Å². The van der Waals surface area contributed by atoms with Crippen LogP contribution in [0.4, 0.5) is 4.79 Å². The van der Waals surface area contributed by atoms with Gasteiger partial charge in [-0.25, -0.2) is 9.78 Å². The van der Waals surface area contributed by atoms with Crippen molar-refractivity contribution < 1.29 is 14.3 Å². The highest BCUT2D eigenvalue weighted by molar-refractivity contribution is 5.68. The summed E-state index contributed by atoms with van der Waals surface area (Å²) >= 11 is 0. The van der Waals surface area contributed by atoms with Crippen LogP contribution in [-0.4, -0.2) is 45.8 Å². The second-order valence-corrected chi connectivity index (χ2v) is 5.50. The van der Waals surface area contributed by atoms with E-state index >= 15 is 0 Å². The van der Waals surface area contributed by atoms with Crippen LogP contribution in [0, 0.1) is 0 Å². The van der Waals surface area contributed by atoms with Crippen LogP contribution in [0.5, 0.6) is 5.88 Å². The first-order valence-electron chi connectivity index (χ1n) is 6.34. The molecule has 1 saturated heterocycles. The summed E-state index contributed by atoms with van der Waals surface area (Å²) < 4.78 is 11.0. The van der Waals surface area contributed by atoms with E-state index in [9.17, 15) is 4.79 Å². The lowest BCUT2D eigenvalue weighted by Crippen LogP contribution is -2.36. The highest BCUT2D eigenvalue weighted by atomic mass is 16.6. The highest BCUT2D eigenvalue weighted by Crippen LogP contribution is 2.18. The van der Waals surface area contributed by atoms with Crippen LogP contribution < -0.4 is 4.74 Å². The molecule has 19 heavy (non-hydrogen) atoms. The van der Waals surface area contributed by atoms with Gasteiger partial charge in [-0.3, -0.25) is 4.98 Å². The van der Waals surface area contributed by atoms with Gasteiger partial charge in [-0.15, -0.1) is 0 Å². The summed E-state index contributed by atoms with van der Waals surface area (Å²) in [5.74, 6) is 0.485. The summed E-state index contributed by atoms with van der Waals surface area (Å²) in [6, 6.07) is 0. The van der Waals surface area contributed by atoms with Crippen LogP contribution in [-0.2, 0) is 4.74 Å².